The van der Waals surface area contributed by atoms with Gasteiger partial charge in [0.05, 0.1) is 15.9 Å². The van der Waals surface area contributed by atoms with Crippen molar-refractivity contribution in [1.82, 2.24) is 0 Å². The molecule has 0 saturated carbocycles. The molecule has 3 rings (SSSR count). The van der Waals surface area contributed by atoms with Gasteiger partial charge in [-0.1, -0.05) is 41.9 Å². The van der Waals surface area contributed by atoms with Crippen LogP contribution in [0.4, 0.5) is 10.1 Å². The van der Waals surface area contributed by atoms with E-state index in [1.807, 2.05) is 31.2 Å². The van der Waals surface area contributed by atoms with Gasteiger partial charge in [0.25, 0.3) is 5.91 Å². The number of benzene rings is 3. The molecular formula is C25H19ClFIN2O3. The predicted octanol–water partition coefficient (Wildman–Crippen LogP) is 6.61. The zero-order valence-corrected chi connectivity index (χ0v) is 20.5. The van der Waals surface area contributed by atoms with Gasteiger partial charge in [0, 0.05) is 10.6 Å². The molecule has 0 unspecified atom stereocenters. The van der Waals surface area contributed by atoms with Crippen molar-refractivity contribution in [2.24, 2.45) is 0 Å². The first-order valence-corrected chi connectivity index (χ1v) is 11.4. The lowest BCUT2D eigenvalue weighted by molar-refractivity contribution is -0.112. The molecular weight excluding hydrogens is 558 g/mol. The maximum atomic E-state index is 13.8. The molecule has 0 radical (unpaired) electrons. The smallest absolute Gasteiger partial charge is 0.266 e. The van der Waals surface area contributed by atoms with Gasteiger partial charge in [-0.2, -0.15) is 5.26 Å². The number of para-hydroxylation sites is 1. The third-order valence-corrected chi connectivity index (χ3v) is 5.63. The van der Waals surface area contributed by atoms with Gasteiger partial charge in [0.15, 0.2) is 11.5 Å². The van der Waals surface area contributed by atoms with Crippen LogP contribution in [0.15, 0.2) is 66.2 Å². The second kappa shape index (κ2) is 11.7. The molecule has 0 aliphatic carbocycles. The predicted molar refractivity (Wildman–Crippen MR) is 135 cm³/mol. The average Bonchev–Trinajstić information content (AvgIpc) is 2.79. The topological polar surface area (TPSA) is 71.3 Å². The van der Waals surface area contributed by atoms with Crippen molar-refractivity contribution in [3.8, 4) is 17.6 Å². The molecule has 0 saturated heterocycles. The van der Waals surface area contributed by atoms with Crippen LogP contribution < -0.4 is 14.8 Å². The summed E-state index contributed by atoms with van der Waals surface area (Å²) in [5, 5.41) is 12.5. The minimum atomic E-state index is -0.713. The molecule has 0 heterocycles. The summed E-state index contributed by atoms with van der Waals surface area (Å²) in [5.74, 6) is -0.302. The lowest BCUT2D eigenvalue weighted by atomic mass is 10.1. The van der Waals surface area contributed by atoms with Gasteiger partial charge in [-0.15, -0.1) is 0 Å². The number of amides is 1. The molecule has 5 nitrogen and oxygen atoms in total. The summed E-state index contributed by atoms with van der Waals surface area (Å²) >= 11 is 8.32. The molecule has 168 valence electrons. The normalized spacial score (nSPS) is 10.9. The van der Waals surface area contributed by atoms with E-state index in [9.17, 15) is 14.4 Å². The number of carbonyl (C=O) groups is 1. The first-order chi connectivity index (χ1) is 15.9. The lowest BCUT2D eigenvalue weighted by Gasteiger charge is -2.15. The highest BCUT2D eigenvalue weighted by atomic mass is 127. The van der Waals surface area contributed by atoms with E-state index >= 15 is 0 Å². The minimum Gasteiger partial charge on any atom is -0.490 e. The molecule has 1 amide bonds. The summed E-state index contributed by atoms with van der Waals surface area (Å²) in [4.78, 5) is 12.5. The standard InChI is InChI=1S/C25H19ClFIN2O3/c1-2-32-23-13-16(11-18(14-29)25(31)30-22-10-6-5-9-20(22)27)12-21(28)24(23)33-15-17-7-3-4-8-19(17)26/h3-13H,2,15H2,1H3,(H,30,31)/b18-11-. The van der Waals surface area contributed by atoms with Crippen molar-refractivity contribution in [1.29, 1.82) is 5.26 Å². The molecule has 0 aromatic heterocycles. The van der Waals surface area contributed by atoms with Gasteiger partial charge in [-0.05, 0) is 71.5 Å². The Labute approximate surface area is 209 Å². The molecule has 0 aliphatic rings. The highest BCUT2D eigenvalue weighted by Crippen LogP contribution is 2.36. The highest BCUT2D eigenvalue weighted by Gasteiger charge is 2.16. The van der Waals surface area contributed by atoms with E-state index in [-0.39, 0.29) is 17.9 Å². The van der Waals surface area contributed by atoms with Gasteiger partial charge >= 0.3 is 0 Å². The second-order valence-corrected chi connectivity index (χ2v) is 8.32. The maximum Gasteiger partial charge on any atom is 0.266 e. The molecule has 8 heteroatoms. The molecule has 33 heavy (non-hydrogen) atoms. The van der Waals surface area contributed by atoms with Crippen molar-refractivity contribution < 1.29 is 18.7 Å². The van der Waals surface area contributed by atoms with Crippen LogP contribution in [0.5, 0.6) is 11.5 Å². The Morgan fingerprint density at radius 2 is 1.91 bits per heavy atom. The third kappa shape index (κ3) is 6.46. The van der Waals surface area contributed by atoms with E-state index in [2.05, 4.69) is 27.9 Å². The summed E-state index contributed by atoms with van der Waals surface area (Å²) in [5.41, 5.74) is 1.21. The minimum absolute atomic E-state index is 0.00319. The number of nitriles is 1. The molecule has 3 aromatic carbocycles. The summed E-state index contributed by atoms with van der Waals surface area (Å²) in [6.07, 6.45) is 1.42. The highest BCUT2D eigenvalue weighted by molar-refractivity contribution is 14.1. The van der Waals surface area contributed by atoms with Crippen LogP contribution in [-0.2, 0) is 11.4 Å². The summed E-state index contributed by atoms with van der Waals surface area (Å²) in [6, 6.07) is 18.4. The molecule has 0 spiro atoms. The number of nitrogens with one attached hydrogen (secondary N) is 1. The summed E-state index contributed by atoms with van der Waals surface area (Å²) in [7, 11) is 0. The average molecular weight is 577 g/mol. The number of halogens is 3. The van der Waals surface area contributed by atoms with E-state index < -0.39 is 11.7 Å². The molecule has 1 N–H and O–H groups in total. The Balaban J connectivity index is 1.87. The first kappa shape index (κ1) is 24.6. The van der Waals surface area contributed by atoms with E-state index in [0.29, 0.717) is 28.7 Å². The van der Waals surface area contributed by atoms with Crippen LogP contribution in [0.1, 0.15) is 18.1 Å². The largest absolute Gasteiger partial charge is 0.490 e. The number of anilines is 1. The number of rotatable bonds is 8. The van der Waals surface area contributed by atoms with Gasteiger partial charge in [-0.25, -0.2) is 4.39 Å². The maximum absolute atomic E-state index is 13.8. The third-order valence-electron chi connectivity index (χ3n) is 4.46. The number of hydrogen-bond donors (Lipinski definition) is 1. The Morgan fingerprint density at radius 1 is 1.18 bits per heavy atom. The van der Waals surface area contributed by atoms with Crippen LogP contribution in [0.2, 0.25) is 5.02 Å². The molecule has 0 atom stereocenters. The van der Waals surface area contributed by atoms with E-state index in [4.69, 9.17) is 21.1 Å². The van der Waals surface area contributed by atoms with Gasteiger partial charge in [0.2, 0.25) is 0 Å². The first-order valence-electron chi connectivity index (χ1n) is 9.93. The van der Waals surface area contributed by atoms with Crippen LogP contribution in [0, 0.1) is 20.7 Å². The van der Waals surface area contributed by atoms with Crippen LogP contribution >= 0.6 is 34.2 Å². The van der Waals surface area contributed by atoms with Crippen molar-refractivity contribution in [3.05, 3.63) is 91.8 Å². The molecule has 3 aromatic rings. The fraction of sp³-hybridized carbons (Fsp3) is 0.120. The fourth-order valence-electron chi connectivity index (χ4n) is 2.91. The monoisotopic (exact) mass is 576 g/mol. The van der Waals surface area contributed by atoms with E-state index in [0.717, 1.165) is 9.13 Å². The SMILES string of the molecule is CCOc1cc(/C=C(/C#N)C(=O)Nc2ccccc2F)cc(I)c1OCc1ccccc1Cl. The Morgan fingerprint density at radius 3 is 2.61 bits per heavy atom. The molecule has 0 aliphatic heterocycles. The van der Waals surface area contributed by atoms with Crippen molar-refractivity contribution in [2.45, 2.75) is 13.5 Å². The number of nitrogens with zero attached hydrogens (tertiary/aromatic N) is 1. The van der Waals surface area contributed by atoms with Crippen LogP contribution in [0.3, 0.4) is 0 Å². The van der Waals surface area contributed by atoms with Gasteiger partial charge in [-0.3, -0.25) is 4.79 Å². The zero-order valence-electron chi connectivity index (χ0n) is 17.6. The lowest BCUT2D eigenvalue weighted by Crippen LogP contribution is -2.14. The van der Waals surface area contributed by atoms with E-state index in [1.165, 1.54) is 24.3 Å². The van der Waals surface area contributed by atoms with Crippen LogP contribution in [0.25, 0.3) is 6.08 Å². The zero-order chi connectivity index (χ0) is 23.8. The van der Waals surface area contributed by atoms with Crippen molar-refractivity contribution >= 4 is 51.9 Å². The van der Waals surface area contributed by atoms with Gasteiger partial charge in [0.1, 0.15) is 24.1 Å². The number of carbonyl (C=O) groups excluding carboxylic acids is 1. The molecule has 0 fully saturated rings. The number of ether oxygens (including phenoxy) is 2. The van der Waals surface area contributed by atoms with E-state index in [1.54, 1.807) is 24.3 Å². The molecule has 0 bridgehead atoms. The summed E-state index contributed by atoms with van der Waals surface area (Å²) in [6.45, 7) is 2.49. The Hall–Kier alpha value is -3.09. The Kier molecular flexibility index (Phi) is 8.69. The van der Waals surface area contributed by atoms with Crippen LogP contribution in [-0.4, -0.2) is 12.5 Å². The summed E-state index contributed by atoms with van der Waals surface area (Å²) < 4.78 is 26.3. The Bertz CT molecular complexity index is 1240. The second-order valence-electron chi connectivity index (χ2n) is 6.75. The van der Waals surface area contributed by atoms with Gasteiger partial charge < -0.3 is 14.8 Å². The van der Waals surface area contributed by atoms with Crippen molar-refractivity contribution in [3.63, 3.8) is 0 Å². The van der Waals surface area contributed by atoms with Crippen molar-refractivity contribution in [2.75, 3.05) is 11.9 Å². The fourth-order valence-corrected chi connectivity index (χ4v) is 3.88. The number of hydrogen-bond acceptors (Lipinski definition) is 4. The quantitative estimate of drug-likeness (QED) is 0.186.